The number of hydrogen-bond acceptors (Lipinski definition) is 2. The number of carbonyl (C=O) groups is 1. The molecule has 2 amide bonds. The standard InChI is InChI=1S/C21H21F2N3O/c1-14(15-5-3-2-4-6-15)17-12-25(13-17)21(27)26-20(7-8-24-26)16-9-18(22)11-19(23)10-16/h2-6,8-11,14,17,20H,7,12-13H2,1H3/t14-,20+/m1/s1. The monoisotopic (exact) mass is 369 g/mol. The fraction of sp³-hybridized carbons (Fsp3) is 0.333. The highest BCUT2D eigenvalue weighted by Gasteiger charge is 2.40. The predicted octanol–water partition coefficient (Wildman–Crippen LogP) is 4.55. The van der Waals surface area contributed by atoms with Crippen molar-refractivity contribution in [3.8, 4) is 0 Å². The van der Waals surface area contributed by atoms with Crippen LogP contribution < -0.4 is 0 Å². The lowest BCUT2D eigenvalue weighted by Gasteiger charge is -2.44. The van der Waals surface area contributed by atoms with E-state index in [0.29, 0.717) is 36.9 Å². The number of hydrazone groups is 1. The minimum Gasteiger partial charge on any atom is -0.322 e. The first-order valence-corrected chi connectivity index (χ1v) is 9.14. The maximum absolute atomic E-state index is 13.6. The molecule has 0 spiro atoms. The van der Waals surface area contributed by atoms with E-state index >= 15 is 0 Å². The minimum atomic E-state index is -0.648. The molecule has 0 unspecified atom stereocenters. The number of carbonyl (C=O) groups excluding carboxylic acids is 1. The molecule has 0 aromatic heterocycles. The van der Waals surface area contributed by atoms with Crippen LogP contribution in [-0.2, 0) is 0 Å². The zero-order valence-corrected chi connectivity index (χ0v) is 15.1. The second-order valence-electron chi connectivity index (χ2n) is 7.24. The predicted molar refractivity (Wildman–Crippen MR) is 99.4 cm³/mol. The summed E-state index contributed by atoms with van der Waals surface area (Å²) in [4.78, 5) is 14.6. The third kappa shape index (κ3) is 3.44. The largest absolute Gasteiger partial charge is 0.341 e. The summed E-state index contributed by atoms with van der Waals surface area (Å²) in [5.41, 5.74) is 1.69. The van der Waals surface area contributed by atoms with E-state index in [0.717, 1.165) is 6.07 Å². The van der Waals surface area contributed by atoms with Crippen molar-refractivity contribution in [2.24, 2.45) is 11.0 Å². The molecule has 1 fully saturated rings. The van der Waals surface area contributed by atoms with Crippen LogP contribution in [0.15, 0.2) is 53.6 Å². The molecule has 2 aromatic rings. The van der Waals surface area contributed by atoms with Crippen molar-refractivity contribution < 1.29 is 13.6 Å². The number of halogens is 2. The molecule has 2 aliphatic rings. The van der Waals surface area contributed by atoms with E-state index in [2.05, 4.69) is 24.2 Å². The highest BCUT2D eigenvalue weighted by Crippen LogP contribution is 2.35. The van der Waals surface area contributed by atoms with Gasteiger partial charge in [0.25, 0.3) is 0 Å². The Labute approximate surface area is 157 Å². The van der Waals surface area contributed by atoms with E-state index < -0.39 is 17.7 Å². The Hall–Kier alpha value is -2.76. The molecule has 4 nitrogen and oxygen atoms in total. The quantitative estimate of drug-likeness (QED) is 0.782. The van der Waals surface area contributed by atoms with Crippen molar-refractivity contribution in [3.05, 3.63) is 71.3 Å². The normalized spacial score (nSPS) is 20.6. The summed E-state index contributed by atoms with van der Waals surface area (Å²) < 4.78 is 27.1. The molecule has 6 heteroatoms. The van der Waals surface area contributed by atoms with Crippen LogP contribution in [0.4, 0.5) is 13.6 Å². The lowest BCUT2D eigenvalue weighted by atomic mass is 9.82. The molecule has 0 radical (unpaired) electrons. The van der Waals surface area contributed by atoms with Crippen molar-refractivity contribution in [2.45, 2.75) is 25.3 Å². The molecule has 4 rings (SSSR count). The van der Waals surface area contributed by atoms with Gasteiger partial charge >= 0.3 is 6.03 Å². The molecule has 2 atom stereocenters. The Morgan fingerprint density at radius 1 is 1.11 bits per heavy atom. The van der Waals surface area contributed by atoms with E-state index in [1.165, 1.54) is 22.7 Å². The third-order valence-corrected chi connectivity index (χ3v) is 5.51. The van der Waals surface area contributed by atoms with Gasteiger partial charge in [-0.2, -0.15) is 5.10 Å². The van der Waals surface area contributed by atoms with Gasteiger partial charge in [0, 0.05) is 37.7 Å². The van der Waals surface area contributed by atoms with Crippen LogP contribution in [0.2, 0.25) is 0 Å². The highest BCUT2D eigenvalue weighted by atomic mass is 19.1. The fourth-order valence-corrected chi connectivity index (χ4v) is 3.80. The average molecular weight is 369 g/mol. The van der Waals surface area contributed by atoms with Gasteiger partial charge in [0.2, 0.25) is 0 Å². The average Bonchev–Trinajstić information content (AvgIpc) is 3.10. The SMILES string of the molecule is C[C@H](c1ccccc1)C1CN(C(=O)N2N=CC[C@H]2c2cc(F)cc(F)c2)C1. The number of likely N-dealkylation sites (tertiary alicyclic amines) is 1. The number of amides is 2. The first kappa shape index (κ1) is 17.6. The zero-order chi connectivity index (χ0) is 19.0. The summed E-state index contributed by atoms with van der Waals surface area (Å²) in [6, 6.07) is 12.9. The van der Waals surface area contributed by atoms with E-state index in [4.69, 9.17) is 0 Å². The molecular formula is C21H21F2N3O. The Kier molecular flexibility index (Phi) is 4.64. The minimum absolute atomic E-state index is 0.213. The molecule has 0 bridgehead atoms. The van der Waals surface area contributed by atoms with E-state index in [9.17, 15) is 13.6 Å². The molecule has 0 N–H and O–H groups in total. The number of hydrogen-bond donors (Lipinski definition) is 0. The molecule has 1 saturated heterocycles. The lowest BCUT2D eigenvalue weighted by Crippen LogP contribution is -2.55. The fourth-order valence-electron chi connectivity index (χ4n) is 3.80. The Morgan fingerprint density at radius 3 is 2.44 bits per heavy atom. The second kappa shape index (κ2) is 7.10. The van der Waals surface area contributed by atoms with E-state index in [-0.39, 0.29) is 6.03 Å². The van der Waals surface area contributed by atoms with Crippen molar-refractivity contribution in [3.63, 3.8) is 0 Å². The third-order valence-electron chi connectivity index (χ3n) is 5.51. The highest BCUT2D eigenvalue weighted by molar-refractivity contribution is 5.79. The molecule has 140 valence electrons. The smallest absolute Gasteiger partial charge is 0.322 e. The number of nitrogens with zero attached hydrogens (tertiary/aromatic N) is 3. The summed E-state index contributed by atoms with van der Waals surface area (Å²) in [6.07, 6.45) is 2.07. The summed E-state index contributed by atoms with van der Waals surface area (Å²) in [7, 11) is 0. The topological polar surface area (TPSA) is 35.9 Å². The van der Waals surface area contributed by atoms with Crippen LogP contribution >= 0.6 is 0 Å². The van der Waals surface area contributed by atoms with Gasteiger partial charge < -0.3 is 4.90 Å². The van der Waals surface area contributed by atoms with Crippen molar-refractivity contribution >= 4 is 12.2 Å². The Balaban J connectivity index is 1.42. The van der Waals surface area contributed by atoms with Gasteiger partial charge in [0.15, 0.2) is 0 Å². The Bertz CT molecular complexity index is 845. The Morgan fingerprint density at radius 2 is 1.78 bits per heavy atom. The van der Waals surface area contributed by atoms with E-state index in [1.807, 2.05) is 18.2 Å². The van der Waals surface area contributed by atoms with Gasteiger partial charge in [-0.05, 0) is 29.2 Å². The van der Waals surface area contributed by atoms with Gasteiger partial charge in [-0.1, -0.05) is 37.3 Å². The first-order chi connectivity index (χ1) is 13.0. The van der Waals surface area contributed by atoms with Crippen molar-refractivity contribution in [1.82, 2.24) is 9.91 Å². The van der Waals surface area contributed by atoms with Crippen LogP contribution in [0, 0.1) is 17.6 Å². The van der Waals surface area contributed by atoms with Crippen LogP contribution in [0.3, 0.4) is 0 Å². The molecule has 2 aromatic carbocycles. The van der Waals surface area contributed by atoms with Crippen LogP contribution in [-0.4, -0.2) is 35.2 Å². The maximum atomic E-state index is 13.6. The summed E-state index contributed by atoms with van der Waals surface area (Å²) in [6.45, 7) is 3.49. The van der Waals surface area contributed by atoms with Gasteiger partial charge in [-0.15, -0.1) is 0 Å². The van der Waals surface area contributed by atoms with Crippen molar-refractivity contribution in [2.75, 3.05) is 13.1 Å². The van der Waals surface area contributed by atoms with E-state index in [1.54, 1.807) is 11.1 Å². The molecule has 2 heterocycles. The maximum Gasteiger partial charge on any atom is 0.341 e. The molecule has 27 heavy (non-hydrogen) atoms. The number of urea groups is 1. The number of rotatable bonds is 3. The lowest BCUT2D eigenvalue weighted by molar-refractivity contribution is 0.0745. The summed E-state index contributed by atoms with van der Waals surface area (Å²) in [5.74, 6) is -0.534. The number of benzene rings is 2. The van der Waals surface area contributed by atoms with Gasteiger partial charge in [0.1, 0.15) is 11.6 Å². The second-order valence-corrected chi connectivity index (χ2v) is 7.24. The van der Waals surface area contributed by atoms with Gasteiger partial charge in [-0.25, -0.2) is 18.6 Å². The molecular weight excluding hydrogens is 348 g/mol. The van der Waals surface area contributed by atoms with Crippen LogP contribution in [0.1, 0.15) is 36.4 Å². The molecule has 0 aliphatic carbocycles. The summed E-state index contributed by atoms with van der Waals surface area (Å²) in [5, 5.41) is 5.50. The van der Waals surface area contributed by atoms with Gasteiger partial charge in [-0.3, -0.25) is 0 Å². The molecule has 0 saturated carbocycles. The van der Waals surface area contributed by atoms with Crippen LogP contribution in [0.25, 0.3) is 0 Å². The van der Waals surface area contributed by atoms with Crippen molar-refractivity contribution in [1.29, 1.82) is 0 Å². The molecule has 2 aliphatic heterocycles. The van der Waals surface area contributed by atoms with Crippen LogP contribution in [0.5, 0.6) is 0 Å². The zero-order valence-electron chi connectivity index (χ0n) is 15.1. The first-order valence-electron chi connectivity index (χ1n) is 9.14. The summed E-state index contributed by atoms with van der Waals surface area (Å²) >= 11 is 0. The van der Waals surface area contributed by atoms with Gasteiger partial charge in [0.05, 0.1) is 6.04 Å².